The van der Waals surface area contributed by atoms with Crippen LogP contribution in [-0.4, -0.2) is 75.4 Å². The number of nitrogens with one attached hydrogen (secondary N) is 2. The number of piperidine rings is 1. The normalized spacial score (nSPS) is 18.5. The van der Waals surface area contributed by atoms with Crippen LogP contribution in [-0.2, 0) is 27.7 Å². The minimum atomic E-state index is -3.99. The van der Waals surface area contributed by atoms with Gasteiger partial charge in [-0.2, -0.15) is 4.72 Å². The van der Waals surface area contributed by atoms with E-state index in [1.54, 1.807) is 12.1 Å². The van der Waals surface area contributed by atoms with Crippen LogP contribution in [0.3, 0.4) is 0 Å². The van der Waals surface area contributed by atoms with Crippen molar-refractivity contribution in [3.05, 3.63) is 53.0 Å². The summed E-state index contributed by atoms with van der Waals surface area (Å²) < 4.78 is 31.6. The third kappa shape index (κ3) is 6.67. The zero-order valence-electron chi connectivity index (χ0n) is 23.9. The first-order valence-corrected chi connectivity index (χ1v) is 16.5. The molecular weight excluding hydrogens is 542 g/mol. The summed E-state index contributed by atoms with van der Waals surface area (Å²) in [5.74, 6) is 0.407. The van der Waals surface area contributed by atoms with Gasteiger partial charge in [-0.25, -0.2) is 13.4 Å². The van der Waals surface area contributed by atoms with Gasteiger partial charge in [0.1, 0.15) is 10.9 Å². The number of thiazole rings is 1. The van der Waals surface area contributed by atoms with E-state index in [-0.39, 0.29) is 22.6 Å². The number of likely N-dealkylation sites (tertiary alicyclic amines) is 1. The molecule has 0 aliphatic carbocycles. The van der Waals surface area contributed by atoms with Crippen LogP contribution in [0.5, 0.6) is 0 Å². The number of fused-ring (bicyclic) bond motifs is 2. The Morgan fingerprint density at radius 1 is 1.18 bits per heavy atom. The standard InChI is InChI=1S/C30H41N5O3S2/c1-30(2)19-22-8-7-11-26(28(22)31-20-30)40(37,38)33-24(18-27-32-23-9-5-6-10-25(23)39-27)29(36)35-16-13-21(14-17-35)12-15-34(3)4/h5-11,21,24,31,33H,12-20H2,1-4H3/t24-/m0/s1. The molecule has 2 aliphatic rings. The molecule has 1 amide bonds. The molecule has 2 aliphatic heterocycles. The van der Waals surface area contributed by atoms with Crippen molar-refractivity contribution in [2.75, 3.05) is 45.6 Å². The van der Waals surface area contributed by atoms with Gasteiger partial charge >= 0.3 is 0 Å². The number of amides is 1. The number of benzene rings is 2. The maximum absolute atomic E-state index is 13.9. The molecule has 10 heteroatoms. The van der Waals surface area contributed by atoms with E-state index < -0.39 is 16.1 Å². The summed E-state index contributed by atoms with van der Waals surface area (Å²) in [6.07, 6.45) is 3.99. The predicted molar refractivity (Wildman–Crippen MR) is 162 cm³/mol. The van der Waals surface area contributed by atoms with Crippen LogP contribution >= 0.6 is 11.3 Å². The Hall–Kier alpha value is -2.53. The maximum atomic E-state index is 13.9. The first-order chi connectivity index (χ1) is 19.0. The second-order valence-electron chi connectivity index (χ2n) is 12.3. The van der Waals surface area contributed by atoms with Gasteiger partial charge in [-0.05, 0) is 81.4 Å². The average molecular weight is 584 g/mol. The number of para-hydroxylation sites is 2. The number of nitrogens with zero attached hydrogens (tertiary/aromatic N) is 3. The zero-order valence-corrected chi connectivity index (χ0v) is 25.6. The molecule has 3 aromatic rings. The summed E-state index contributed by atoms with van der Waals surface area (Å²) in [6, 6.07) is 12.3. The molecular formula is C30H41N5O3S2. The summed E-state index contributed by atoms with van der Waals surface area (Å²) in [5, 5.41) is 4.11. The van der Waals surface area contributed by atoms with Crippen molar-refractivity contribution in [2.24, 2.45) is 11.3 Å². The Labute approximate surface area is 242 Å². The minimum absolute atomic E-state index is 0.0346. The number of anilines is 1. The average Bonchev–Trinajstić information content (AvgIpc) is 3.32. The Balaban J connectivity index is 1.39. The van der Waals surface area contributed by atoms with Crippen molar-refractivity contribution in [2.45, 2.75) is 56.9 Å². The van der Waals surface area contributed by atoms with Crippen LogP contribution in [0.25, 0.3) is 10.2 Å². The van der Waals surface area contributed by atoms with E-state index in [0.29, 0.717) is 31.2 Å². The lowest BCUT2D eigenvalue weighted by atomic mass is 9.82. The van der Waals surface area contributed by atoms with Gasteiger partial charge in [-0.1, -0.05) is 38.1 Å². The quantitative estimate of drug-likeness (QED) is 0.389. The molecule has 1 aromatic heterocycles. The molecule has 3 heterocycles. The van der Waals surface area contributed by atoms with Crippen molar-refractivity contribution in [3.63, 3.8) is 0 Å². The highest BCUT2D eigenvalue weighted by molar-refractivity contribution is 7.89. The summed E-state index contributed by atoms with van der Waals surface area (Å²) in [4.78, 5) is 22.9. The Kier molecular flexibility index (Phi) is 8.52. The van der Waals surface area contributed by atoms with Crippen LogP contribution in [0.2, 0.25) is 0 Å². The highest BCUT2D eigenvalue weighted by atomic mass is 32.2. The van der Waals surface area contributed by atoms with Gasteiger partial charge in [0.05, 0.1) is 20.9 Å². The maximum Gasteiger partial charge on any atom is 0.243 e. The lowest BCUT2D eigenvalue weighted by Crippen LogP contribution is -2.51. The fourth-order valence-electron chi connectivity index (χ4n) is 5.77. The molecule has 8 nitrogen and oxygen atoms in total. The summed E-state index contributed by atoms with van der Waals surface area (Å²) in [7, 11) is 0.172. The zero-order chi connectivity index (χ0) is 28.5. The topological polar surface area (TPSA) is 94.6 Å². The second-order valence-corrected chi connectivity index (χ2v) is 15.1. The molecule has 1 atom stereocenters. The van der Waals surface area contributed by atoms with Crippen LogP contribution in [0.1, 0.15) is 43.7 Å². The Morgan fingerprint density at radius 3 is 2.65 bits per heavy atom. The van der Waals surface area contributed by atoms with Crippen LogP contribution in [0.15, 0.2) is 47.4 Å². The van der Waals surface area contributed by atoms with Crippen LogP contribution < -0.4 is 10.0 Å². The fourth-order valence-corrected chi connectivity index (χ4v) is 8.20. The molecule has 2 N–H and O–H groups in total. The molecule has 0 unspecified atom stereocenters. The number of hydrogen-bond donors (Lipinski definition) is 2. The van der Waals surface area contributed by atoms with Crippen LogP contribution in [0, 0.1) is 11.3 Å². The van der Waals surface area contributed by atoms with Gasteiger partial charge in [0.2, 0.25) is 15.9 Å². The SMILES string of the molecule is CN(C)CCC1CCN(C(=O)[C@H](Cc2nc3ccccc3s2)NS(=O)(=O)c2cccc3c2NCC(C)(C)C3)CC1. The van der Waals surface area contributed by atoms with Crippen molar-refractivity contribution in [1.29, 1.82) is 0 Å². The smallest absolute Gasteiger partial charge is 0.243 e. The molecule has 1 saturated heterocycles. The van der Waals surface area contributed by atoms with Gasteiger partial charge in [0, 0.05) is 26.1 Å². The first kappa shape index (κ1) is 29.0. The van der Waals surface area contributed by atoms with Crippen LogP contribution in [0.4, 0.5) is 5.69 Å². The molecule has 2 aromatic carbocycles. The molecule has 0 saturated carbocycles. The van der Waals surface area contributed by atoms with Gasteiger partial charge in [-0.15, -0.1) is 11.3 Å². The van der Waals surface area contributed by atoms with E-state index in [1.165, 1.54) is 11.3 Å². The van der Waals surface area contributed by atoms with Gasteiger partial charge < -0.3 is 15.1 Å². The molecule has 0 radical (unpaired) electrons. The number of sulfonamides is 1. The van der Waals surface area contributed by atoms with Crippen molar-refractivity contribution < 1.29 is 13.2 Å². The van der Waals surface area contributed by atoms with Gasteiger partial charge in [0.25, 0.3) is 0 Å². The second kappa shape index (κ2) is 11.8. The third-order valence-corrected chi connectivity index (χ3v) is 10.6. The lowest BCUT2D eigenvalue weighted by Gasteiger charge is -2.35. The first-order valence-electron chi connectivity index (χ1n) is 14.2. The highest BCUT2D eigenvalue weighted by Crippen LogP contribution is 2.36. The van der Waals surface area contributed by atoms with E-state index in [2.05, 4.69) is 42.9 Å². The van der Waals surface area contributed by atoms with E-state index in [1.807, 2.05) is 35.2 Å². The third-order valence-electron chi connectivity index (χ3n) is 8.04. The van der Waals surface area contributed by atoms with Crippen molar-refractivity contribution in [3.8, 4) is 0 Å². The predicted octanol–water partition coefficient (Wildman–Crippen LogP) is 4.37. The van der Waals surface area contributed by atoms with Gasteiger partial charge in [0.15, 0.2) is 0 Å². The van der Waals surface area contributed by atoms with Crippen molar-refractivity contribution >= 4 is 43.2 Å². The number of carbonyl (C=O) groups excluding carboxylic acids is 1. The van der Waals surface area contributed by atoms with E-state index in [4.69, 9.17) is 4.98 Å². The lowest BCUT2D eigenvalue weighted by molar-refractivity contribution is -0.134. The molecule has 216 valence electrons. The van der Waals surface area contributed by atoms with Gasteiger partial charge in [-0.3, -0.25) is 4.79 Å². The van der Waals surface area contributed by atoms with Crippen molar-refractivity contribution in [1.82, 2.24) is 19.5 Å². The van der Waals surface area contributed by atoms with E-state index in [9.17, 15) is 13.2 Å². The molecule has 1 fully saturated rings. The molecule has 0 bridgehead atoms. The van der Waals surface area contributed by atoms with E-state index in [0.717, 1.165) is 53.0 Å². The molecule has 40 heavy (non-hydrogen) atoms. The highest BCUT2D eigenvalue weighted by Gasteiger charge is 2.35. The number of carbonyl (C=O) groups is 1. The number of aromatic nitrogens is 1. The molecule has 0 spiro atoms. The Morgan fingerprint density at radius 2 is 1.93 bits per heavy atom. The summed E-state index contributed by atoms with van der Waals surface area (Å²) in [5.41, 5.74) is 2.52. The number of rotatable bonds is 9. The fraction of sp³-hybridized carbons (Fsp3) is 0.533. The monoisotopic (exact) mass is 583 g/mol. The minimum Gasteiger partial charge on any atom is -0.383 e. The largest absolute Gasteiger partial charge is 0.383 e. The Bertz CT molecular complexity index is 1430. The van der Waals surface area contributed by atoms with E-state index >= 15 is 0 Å². The summed E-state index contributed by atoms with van der Waals surface area (Å²) >= 11 is 1.51. The summed E-state index contributed by atoms with van der Waals surface area (Å²) in [6.45, 7) is 7.34. The molecule has 5 rings (SSSR count). The number of hydrogen-bond acceptors (Lipinski definition) is 7.